The molecule has 0 aliphatic heterocycles. The van der Waals surface area contributed by atoms with Crippen LogP contribution >= 0.6 is 0 Å². The number of unbranched alkanes of at least 4 members (excludes halogenated alkanes) is 10. The number of carbonyl (C=O) groups is 2. The zero-order valence-electron chi connectivity index (χ0n) is 14.4. The highest BCUT2D eigenvalue weighted by atomic mass is 16.5. The van der Waals surface area contributed by atoms with Gasteiger partial charge in [0.05, 0.1) is 12.6 Å². The van der Waals surface area contributed by atoms with E-state index in [2.05, 4.69) is 6.92 Å². The van der Waals surface area contributed by atoms with E-state index in [-0.39, 0.29) is 12.4 Å². The fraction of sp³-hybridized carbons (Fsp3) is 0.889. The maximum absolute atomic E-state index is 11.4. The lowest BCUT2D eigenvalue weighted by Crippen LogP contribution is -2.22. The lowest BCUT2D eigenvalue weighted by Gasteiger charge is -2.06. The van der Waals surface area contributed by atoms with Gasteiger partial charge in [-0.2, -0.15) is 0 Å². The predicted octanol–water partition coefficient (Wildman–Crippen LogP) is 4.15. The van der Waals surface area contributed by atoms with Crippen molar-refractivity contribution in [1.82, 2.24) is 0 Å². The molecule has 0 fully saturated rings. The highest BCUT2D eigenvalue weighted by molar-refractivity contribution is 5.70. The van der Waals surface area contributed by atoms with Crippen LogP contribution in [0.5, 0.6) is 0 Å². The molecule has 0 radical (unpaired) electrons. The van der Waals surface area contributed by atoms with Crippen molar-refractivity contribution in [2.24, 2.45) is 5.73 Å². The van der Waals surface area contributed by atoms with Crippen LogP contribution < -0.4 is 5.73 Å². The maximum Gasteiger partial charge on any atom is 0.305 e. The van der Waals surface area contributed by atoms with E-state index in [4.69, 9.17) is 10.5 Å². The first kappa shape index (κ1) is 21.1. The van der Waals surface area contributed by atoms with Crippen LogP contribution in [0.4, 0.5) is 0 Å². The van der Waals surface area contributed by atoms with E-state index in [0.717, 1.165) is 12.8 Å². The Morgan fingerprint density at radius 3 is 1.95 bits per heavy atom. The van der Waals surface area contributed by atoms with Gasteiger partial charge in [0.1, 0.15) is 6.29 Å². The first-order valence-corrected chi connectivity index (χ1v) is 9.07. The molecule has 4 heteroatoms. The van der Waals surface area contributed by atoms with Gasteiger partial charge in [0.25, 0.3) is 0 Å². The molecule has 130 valence electrons. The van der Waals surface area contributed by atoms with E-state index in [9.17, 15) is 9.59 Å². The molecule has 0 amide bonds. The quantitative estimate of drug-likeness (QED) is 0.264. The van der Waals surface area contributed by atoms with Gasteiger partial charge in [-0.05, 0) is 12.8 Å². The van der Waals surface area contributed by atoms with Gasteiger partial charge in [-0.25, -0.2) is 0 Å². The zero-order valence-corrected chi connectivity index (χ0v) is 14.4. The lowest BCUT2D eigenvalue weighted by molar-refractivity contribution is -0.143. The molecule has 2 N–H and O–H groups in total. The van der Waals surface area contributed by atoms with E-state index >= 15 is 0 Å². The molecule has 0 aliphatic rings. The van der Waals surface area contributed by atoms with Crippen LogP contribution in [0.1, 0.15) is 90.4 Å². The highest BCUT2D eigenvalue weighted by Gasteiger charge is 2.06. The molecule has 0 rings (SSSR count). The van der Waals surface area contributed by atoms with Gasteiger partial charge in [0.2, 0.25) is 0 Å². The van der Waals surface area contributed by atoms with E-state index in [1.807, 2.05) is 0 Å². The van der Waals surface area contributed by atoms with Gasteiger partial charge in [-0.1, -0.05) is 71.1 Å². The van der Waals surface area contributed by atoms with E-state index in [1.54, 1.807) is 0 Å². The number of hydrogen-bond acceptors (Lipinski definition) is 4. The molecule has 0 aromatic heterocycles. The molecule has 4 nitrogen and oxygen atoms in total. The standard InChI is InChI=1S/C18H35NO3/c1-2-3-4-5-6-7-8-9-10-11-12-15-22-18(21)14-13-17(19)16-20/h16-17H,2-15,19H2,1H3. The zero-order chi connectivity index (χ0) is 16.5. The van der Waals surface area contributed by atoms with Crippen LogP contribution in [0.15, 0.2) is 0 Å². The van der Waals surface area contributed by atoms with Crippen LogP contribution in [0.3, 0.4) is 0 Å². The number of rotatable bonds is 16. The highest BCUT2D eigenvalue weighted by Crippen LogP contribution is 2.11. The summed E-state index contributed by atoms with van der Waals surface area (Å²) in [4.78, 5) is 21.7. The Balaban J connectivity index is 3.16. The van der Waals surface area contributed by atoms with Crippen molar-refractivity contribution in [3.63, 3.8) is 0 Å². The second kappa shape index (κ2) is 16.5. The Bertz CT molecular complexity index is 269. The van der Waals surface area contributed by atoms with E-state index in [1.165, 1.54) is 57.8 Å². The third-order valence-electron chi connectivity index (χ3n) is 3.87. The summed E-state index contributed by atoms with van der Waals surface area (Å²) >= 11 is 0. The van der Waals surface area contributed by atoms with Crippen molar-refractivity contribution in [3.05, 3.63) is 0 Å². The molecule has 0 aliphatic carbocycles. The van der Waals surface area contributed by atoms with Gasteiger partial charge >= 0.3 is 5.97 Å². The monoisotopic (exact) mass is 313 g/mol. The number of carbonyl (C=O) groups excluding carboxylic acids is 2. The van der Waals surface area contributed by atoms with Crippen LogP contribution in [0, 0.1) is 0 Å². The number of ether oxygens (including phenoxy) is 1. The third kappa shape index (κ3) is 15.5. The first-order chi connectivity index (χ1) is 10.7. The van der Waals surface area contributed by atoms with Crippen LogP contribution in [0.2, 0.25) is 0 Å². The van der Waals surface area contributed by atoms with Gasteiger partial charge < -0.3 is 15.3 Å². The van der Waals surface area contributed by atoms with Crippen molar-refractivity contribution in [1.29, 1.82) is 0 Å². The Morgan fingerprint density at radius 2 is 1.45 bits per heavy atom. The summed E-state index contributed by atoms with van der Waals surface area (Å²) in [5, 5.41) is 0. The van der Waals surface area contributed by atoms with Gasteiger partial charge in [-0.3, -0.25) is 4.79 Å². The van der Waals surface area contributed by atoms with Crippen LogP contribution in [0.25, 0.3) is 0 Å². The fourth-order valence-corrected chi connectivity index (χ4v) is 2.38. The average molecular weight is 313 g/mol. The first-order valence-electron chi connectivity index (χ1n) is 9.07. The molecule has 0 heterocycles. The summed E-state index contributed by atoms with van der Waals surface area (Å²) in [5.74, 6) is -0.246. The normalized spacial score (nSPS) is 12.1. The number of hydrogen-bond donors (Lipinski definition) is 1. The second-order valence-corrected chi connectivity index (χ2v) is 6.09. The van der Waals surface area contributed by atoms with E-state index in [0.29, 0.717) is 19.3 Å². The minimum absolute atomic E-state index is 0.234. The maximum atomic E-state index is 11.4. The number of esters is 1. The van der Waals surface area contributed by atoms with E-state index < -0.39 is 6.04 Å². The molecule has 1 atom stereocenters. The van der Waals surface area contributed by atoms with Crippen LogP contribution in [-0.2, 0) is 14.3 Å². The fourth-order valence-electron chi connectivity index (χ4n) is 2.38. The Morgan fingerprint density at radius 1 is 0.955 bits per heavy atom. The molecule has 0 saturated heterocycles. The summed E-state index contributed by atoms with van der Waals surface area (Å²) in [7, 11) is 0. The Kier molecular flexibility index (Phi) is 15.8. The third-order valence-corrected chi connectivity index (χ3v) is 3.87. The van der Waals surface area contributed by atoms with Crippen molar-refractivity contribution in [3.8, 4) is 0 Å². The summed E-state index contributed by atoms with van der Waals surface area (Å²) < 4.78 is 5.11. The van der Waals surface area contributed by atoms with Crippen molar-refractivity contribution in [2.75, 3.05) is 6.61 Å². The summed E-state index contributed by atoms with van der Waals surface area (Å²) in [6, 6.07) is -0.547. The molecule has 0 bridgehead atoms. The minimum atomic E-state index is -0.547. The van der Waals surface area contributed by atoms with Gasteiger partial charge in [0.15, 0.2) is 0 Å². The SMILES string of the molecule is CCCCCCCCCCCCCOC(=O)CCC(N)C=O. The average Bonchev–Trinajstić information content (AvgIpc) is 2.53. The summed E-state index contributed by atoms with van der Waals surface area (Å²) in [6.07, 6.45) is 15.4. The molecule has 1 unspecified atom stereocenters. The van der Waals surface area contributed by atoms with Gasteiger partial charge in [-0.15, -0.1) is 0 Å². The number of aldehydes is 1. The van der Waals surface area contributed by atoms with Crippen molar-refractivity contribution in [2.45, 2.75) is 96.4 Å². The topological polar surface area (TPSA) is 69.4 Å². The lowest BCUT2D eigenvalue weighted by atomic mass is 10.1. The molecule has 0 aromatic rings. The van der Waals surface area contributed by atoms with Crippen molar-refractivity contribution < 1.29 is 14.3 Å². The van der Waals surface area contributed by atoms with Crippen molar-refractivity contribution >= 4 is 12.3 Å². The van der Waals surface area contributed by atoms with Crippen LogP contribution in [-0.4, -0.2) is 24.9 Å². The summed E-state index contributed by atoms with van der Waals surface area (Å²) in [6.45, 7) is 2.74. The molecular formula is C18H35NO3. The Hall–Kier alpha value is -0.900. The van der Waals surface area contributed by atoms with Gasteiger partial charge in [0, 0.05) is 6.42 Å². The summed E-state index contributed by atoms with van der Waals surface area (Å²) in [5.41, 5.74) is 5.41. The Labute approximate surface area is 136 Å². The minimum Gasteiger partial charge on any atom is -0.466 e. The largest absolute Gasteiger partial charge is 0.466 e. The smallest absolute Gasteiger partial charge is 0.305 e. The second-order valence-electron chi connectivity index (χ2n) is 6.09. The molecule has 0 spiro atoms. The molecule has 0 aromatic carbocycles. The molecular weight excluding hydrogens is 278 g/mol. The number of nitrogens with two attached hydrogens (primary N) is 1. The predicted molar refractivity (Wildman–Crippen MR) is 90.7 cm³/mol. The molecule has 0 saturated carbocycles. The molecule has 22 heavy (non-hydrogen) atoms.